The summed E-state index contributed by atoms with van der Waals surface area (Å²) in [5.41, 5.74) is 2.42. The minimum atomic E-state index is -0.661. The Hall–Kier alpha value is -3.49. The Kier molecular flexibility index (Phi) is 10.1. The first kappa shape index (κ1) is 30.0. The van der Waals surface area contributed by atoms with Gasteiger partial charge in [-0.2, -0.15) is 0 Å². The number of amides is 3. The zero-order valence-electron chi connectivity index (χ0n) is 24.6. The van der Waals surface area contributed by atoms with Crippen LogP contribution in [0.4, 0.5) is 5.69 Å². The minimum absolute atomic E-state index is 0.0193. The third-order valence-electron chi connectivity index (χ3n) is 9.14. The molecule has 5 rings (SSSR count). The number of carbonyl (C=O) groups is 3. The molecule has 8 heteroatoms. The van der Waals surface area contributed by atoms with Gasteiger partial charge in [0.15, 0.2) is 0 Å². The lowest BCUT2D eigenvalue weighted by atomic mass is 9.75. The summed E-state index contributed by atoms with van der Waals surface area (Å²) >= 11 is 0. The topological polar surface area (TPSA) is 99.8 Å². The third-order valence-corrected chi connectivity index (χ3v) is 9.14. The van der Waals surface area contributed by atoms with E-state index in [0.29, 0.717) is 58.5 Å². The largest absolute Gasteiger partial charge is 0.381 e. The van der Waals surface area contributed by atoms with Gasteiger partial charge in [0.1, 0.15) is 6.04 Å². The van der Waals surface area contributed by atoms with Gasteiger partial charge in [-0.1, -0.05) is 67.6 Å². The quantitative estimate of drug-likeness (QED) is 0.457. The van der Waals surface area contributed by atoms with Crippen LogP contribution in [-0.4, -0.2) is 67.6 Å². The van der Waals surface area contributed by atoms with Crippen molar-refractivity contribution >= 4 is 23.4 Å². The number of piperidine rings is 1. The number of para-hydroxylation sites is 1. The van der Waals surface area contributed by atoms with Gasteiger partial charge in [0.05, 0.1) is 12.0 Å². The Bertz CT molecular complexity index is 1260. The average Bonchev–Trinajstić information content (AvgIpc) is 3.00. The van der Waals surface area contributed by atoms with Crippen LogP contribution in [0.2, 0.25) is 0 Å². The number of likely N-dealkylation sites (tertiary alicyclic amines) is 1. The lowest BCUT2D eigenvalue weighted by Gasteiger charge is -2.40. The first-order valence-electron chi connectivity index (χ1n) is 15.4. The summed E-state index contributed by atoms with van der Waals surface area (Å²) in [7, 11) is 0. The summed E-state index contributed by atoms with van der Waals surface area (Å²) in [5, 5.41) is 9.56. The minimum Gasteiger partial charge on any atom is -0.381 e. The molecular formula is C34H44N4O4. The fraction of sp³-hybridized carbons (Fsp3) is 0.500. The molecule has 3 aliphatic heterocycles. The van der Waals surface area contributed by atoms with E-state index in [0.717, 1.165) is 36.1 Å². The van der Waals surface area contributed by atoms with E-state index in [1.807, 2.05) is 54.6 Å². The van der Waals surface area contributed by atoms with Crippen molar-refractivity contribution in [2.24, 2.45) is 11.3 Å². The summed E-state index contributed by atoms with van der Waals surface area (Å²) in [4.78, 5) is 42.7. The number of rotatable bonds is 6. The monoisotopic (exact) mass is 572 g/mol. The molecule has 3 amide bonds. The zero-order valence-corrected chi connectivity index (χ0v) is 24.6. The molecular weight excluding hydrogens is 528 g/mol. The number of nitrogens with zero attached hydrogens (tertiary/aromatic N) is 1. The highest BCUT2D eigenvalue weighted by atomic mass is 16.5. The number of hydrogen-bond donors (Lipinski definition) is 3. The van der Waals surface area contributed by atoms with Crippen LogP contribution in [-0.2, 0) is 32.0 Å². The molecule has 0 saturated carbocycles. The molecule has 3 N–H and O–H groups in total. The van der Waals surface area contributed by atoms with Gasteiger partial charge >= 0.3 is 0 Å². The van der Waals surface area contributed by atoms with Crippen molar-refractivity contribution in [3.63, 3.8) is 0 Å². The Morgan fingerprint density at radius 2 is 1.79 bits per heavy atom. The second-order valence-electron chi connectivity index (χ2n) is 12.0. The number of allylic oxidation sites excluding steroid dienone is 2. The summed E-state index contributed by atoms with van der Waals surface area (Å²) < 4.78 is 5.60. The number of ether oxygens (including phenoxy) is 1. The van der Waals surface area contributed by atoms with Crippen molar-refractivity contribution in [1.29, 1.82) is 0 Å². The Morgan fingerprint density at radius 3 is 2.57 bits per heavy atom. The standard InChI is InChI=1S/C34H44N4O4/c1-2-26-12-6-7-14-28(26)35-31(39)24-38-19-15-29-27(23-38)13-8-9-16-34(17-20-42-21-18-34)33(41)37-30(32(40)36-29)22-25-10-4-3-5-11-25/h3-12,14,27,29-30H,2,13,15-24H2,1H3,(H,35,39)(H,36,40)(H,37,41)/b9-8+/t27-,29+,30-/m1/s1. The van der Waals surface area contributed by atoms with E-state index in [-0.39, 0.29) is 29.7 Å². The van der Waals surface area contributed by atoms with E-state index >= 15 is 0 Å². The van der Waals surface area contributed by atoms with Gasteiger partial charge in [-0.3, -0.25) is 19.3 Å². The highest BCUT2D eigenvalue weighted by Gasteiger charge is 2.41. The summed E-state index contributed by atoms with van der Waals surface area (Å²) in [6, 6.07) is 17.1. The van der Waals surface area contributed by atoms with Crippen LogP contribution in [0.5, 0.6) is 0 Å². The highest BCUT2D eigenvalue weighted by molar-refractivity contribution is 5.93. The van der Waals surface area contributed by atoms with Gasteiger partial charge < -0.3 is 20.7 Å². The van der Waals surface area contributed by atoms with Crippen LogP contribution in [0.1, 0.15) is 50.2 Å². The van der Waals surface area contributed by atoms with Crippen LogP contribution in [0, 0.1) is 11.3 Å². The molecule has 3 heterocycles. The first-order chi connectivity index (χ1) is 20.5. The normalized spacial score (nSPS) is 25.7. The van der Waals surface area contributed by atoms with Crippen molar-refractivity contribution in [2.45, 2.75) is 64.0 Å². The smallest absolute Gasteiger partial charge is 0.243 e. The summed E-state index contributed by atoms with van der Waals surface area (Å²) in [5.74, 6) is -0.0625. The third kappa shape index (κ3) is 7.47. The molecule has 2 aromatic rings. The number of aryl methyl sites for hydroxylation is 1. The number of nitrogens with one attached hydrogen (secondary N) is 3. The Labute approximate surface area is 249 Å². The maximum absolute atomic E-state index is 13.8. The van der Waals surface area contributed by atoms with Gasteiger partial charge in [0, 0.05) is 44.5 Å². The van der Waals surface area contributed by atoms with E-state index in [2.05, 4.69) is 39.9 Å². The number of benzene rings is 2. The predicted molar refractivity (Wildman–Crippen MR) is 164 cm³/mol. The van der Waals surface area contributed by atoms with Gasteiger partial charge in [0.25, 0.3) is 0 Å². The molecule has 0 unspecified atom stereocenters. The molecule has 1 spiro atoms. The number of fused-ring (bicyclic) bond motifs is 1. The van der Waals surface area contributed by atoms with Crippen molar-refractivity contribution < 1.29 is 19.1 Å². The first-order valence-corrected chi connectivity index (χ1v) is 15.4. The van der Waals surface area contributed by atoms with Crippen LogP contribution >= 0.6 is 0 Å². The van der Waals surface area contributed by atoms with E-state index in [1.165, 1.54) is 0 Å². The fourth-order valence-electron chi connectivity index (χ4n) is 6.54. The lowest BCUT2D eigenvalue weighted by molar-refractivity contribution is -0.140. The zero-order chi connectivity index (χ0) is 29.4. The molecule has 224 valence electrons. The molecule has 42 heavy (non-hydrogen) atoms. The van der Waals surface area contributed by atoms with Gasteiger partial charge in [-0.05, 0) is 61.6 Å². The van der Waals surface area contributed by atoms with E-state index in [4.69, 9.17) is 4.74 Å². The predicted octanol–water partition coefficient (Wildman–Crippen LogP) is 3.87. The molecule has 3 aliphatic rings. The van der Waals surface area contributed by atoms with E-state index < -0.39 is 11.5 Å². The molecule has 0 aliphatic carbocycles. The van der Waals surface area contributed by atoms with Crippen molar-refractivity contribution in [3.8, 4) is 0 Å². The van der Waals surface area contributed by atoms with Crippen LogP contribution in [0.15, 0.2) is 66.7 Å². The second-order valence-corrected chi connectivity index (χ2v) is 12.0. The van der Waals surface area contributed by atoms with E-state index in [9.17, 15) is 14.4 Å². The molecule has 0 bridgehead atoms. The SMILES string of the molecule is CCc1ccccc1NC(=O)CN1CC[C@@H]2NC(=O)[C@@H](Cc3ccccc3)NC(=O)C3(C/C=C/C[C@@H]2C1)CCOCC3. The van der Waals surface area contributed by atoms with Crippen molar-refractivity contribution in [2.75, 3.05) is 38.2 Å². The molecule has 0 aromatic heterocycles. The highest BCUT2D eigenvalue weighted by Crippen LogP contribution is 2.36. The Morgan fingerprint density at radius 1 is 1.02 bits per heavy atom. The molecule has 0 radical (unpaired) electrons. The van der Waals surface area contributed by atoms with Crippen LogP contribution < -0.4 is 16.0 Å². The summed E-state index contributed by atoms with van der Waals surface area (Å²) in [6.07, 6.45) is 9.03. The molecule has 8 nitrogen and oxygen atoms in total. The van der Waals surface area contributed by atoms with Gasteiger partial charge in [0.2, 0.25) is 17.7 Å². The van der Waals surface area contributed by atoms with Crippen molar-refractivity contribution in [3.05, 3.63) is 77.9 Å². The maximum Gasteiger partial charge on any atom is 0.243 e. The number of hydrogen-bond acceptors (Lipinski definition) is 5. The molecule has 3 atom stereocenters. The van der Waals surface area contributed by atoms with Gasteiger partial charge in [-0.15, -0.1) is 0 Å². The van der Waals surface area contributed by atoms with Crippen LogP contribution in [0.25, 0.3) is 0 Å². The number of anilines is 1. The molecule has 2 fully saturated rings. The van der Waals surface area contributed by atoms with E-state index in [1.54, 1.807) is 0 Å². The Balaban J connectivity index is 1.31. The van der Waals surface area contributed by atoms with Gasteiger partial charge in [-0.25, -0.2) is 0 Å². The molecule has 2 aromatic carbocycles. The lowest BCUT2D eigenvalue weighted by Crippen LogP contribution is -2.58. The average molecular weight is 573 g/mol. The fourth-order valence-corrected chi connectivity index (χ4v) is 6.54. The van der Waals surface area contributed by atoms with Crippen molar-refractivity contribution in [1.82, 2.24) is 15.5 Å². The second kappa shape index (κ2) is 14.1. The number of carbonyl (C=O) groups excluding carboxylic acids is 3. The summed E-state index contributed by atoms with van der Waals surface area (Å²) in [6.45, 7) is 4.91. The maximum atomic E-state index is 13.8. The van der Waals surface area contributed by atoms with Crippen LogP contribution in [0.3, 0.4) is 0 Å². The molecule has 2 saturated heterocycles.